The molecule has 4 N–H and O–H groups in total. The van der Waals surface area contributed by atoms with Crippen LogP contribution in [-0.2, 0) is 20.9 Å². The number of unbranched alkanes of at least 4 members (excludes halogenated alkanes) is 2. The third-order valence-electron chi connectivity index (χ3n) is 11.4. The van der Waals surface area contributed by atoms with E-state index < -0.39 is 22.7 Å². The van der Waals surface area contributed by atoms with Crippen LogP contribution in [0.5, 0.6) is 11.5 Å². The summed E-state index contributed by atoms with van der Waals surface area (Å²) in [5, 5.41) is 48.1. The Hall–Kier alpha value is -4.80. The van der Waals surface area contributed by atoms with Crippen molar-refractivity contribution < 1.29 is 48.8 Å². The summed E-state index contributed by atoms with van der Waals surface area (Å²) in [6, 6.07) is 10.9. The quantitative estimate of drug-likeness (QED) is 0.0353. The van der Waals surface area contributed by atoms with Gasteiger partial charge < -0.3 is 49.3 Å². The van der Waals surface area contributed by atoms with Crippen LogP contribution in [-0.4, -0.2) is 108 Å². The van der Waals surface area contributed by atoms with Crippen molar-refractivity contribution in [2.75, 3.05) is 59.3 Å². The SMILES string of the molecule is C=CCOc1ccc2c(c1)[C@H]1[C@H](CCCCO)[C@@H](CCCCO)C=C3C(=NOCc4ccc([N+](=O)[O-])cc4)C[C@H](N(CCC)C(=O)NCCOCCO)[C@@](OCC=C)(O2)[C@H]31. The van der Waals surface area contributed by atoms with Gasteiger partial charge in [0.1, 0.15) is 30.8 Å². The Kier molecular flexibility index (Phi) is 17.9. The molecule has 0 bridgehead atoms. The van der Waals surface area contributed by atoms with E-state index in [-0.39, 0.29) is 88.7 Å². The van der Waals surface area contributed by atoms with Crippen LogP contribution in [0.3, 0.4) is 0 Å². The van der Waals surface area contributed by atoms with Gasteiger partial charge in [-0.25, -0.2) is 4.79 Å². The van der Waals surface area contributed by atoms with Crippen molar-refractivity contribution in [1.29, 1.82) is 0 Å². The van der Waals surface area contributed by atoms with E-state index in [4.69, 9.17) is 28.9 Å². The second kappa shape index (κ2) is 23.3. The number of urea groups is 1. The molecule has 0 aromatic heterocycles. The molecule has 1 fully saturated rings. The molecule has 0 saturated heterocycles. The molecule has 0 spiro atoms. The number of aliphatic hydroxyl groups is 3. The first kappa shape index (κ1) is 46.3. The zero-order valence-electron chi connectivity index (χ0n) is 34.8. The average Bonchev–Trinajstić information content (AvgIpc) is 3.25. The van der Waals surface area contributed by atoms with Gasteiger partial charge in [-0.15, -0.1) is 6.58 Å². The molecule has 3 aliphatic rings. The highest BCUT2D eigenvalue weighted by atomic mass is 16.7. The van der Waals surface area contributed by atoms with Gasteiger partial charge in [-0.1, -0.05) is 49.7 Å². The Balaban J connectivity index is 1.71. The summed E-state index contributed by atoms with van der Waals surface area (Å²) in [5.41, 5.74) is 3.11. The van der Waals surface area contributed by atoms with Crippen LogP contribution in [0.2, 0.25) is 0 Å². The van der Waals surface area contributed by atoms with Crippen LogP contribution in [0.15, 0.2) is 84.6 Å². The fraction of sp³-hybridized carbons (Fsp3) is 0.556. The van der Waals surface area contributed by atoms with Crippen molar-refractivity contribution in [1.82, 2.24) is 10.2 Å². The first-order valence-corrected chi connectivity index (χ1v) is 21.2. The number of nitrogens with zero attached hydrogens (tertiary/aromatic N) is 3. The van der Waals surface area contributed by atoms with Gasteiger partial charge in [-0.05, 0) is 85.4 Å². The number of ether oxygens (including phenoxy) is 4. The predicted molar refractivity (Wildman–Crippen MR) is 227 cm³/mol. The van der Waals surface area contributed by atoms with E-state index >= 15 is 0 Å². The molecule has 2 aliphatic carbocycles. The molecule has 60 heavy (non-hydrogen) atoms. The van der Waals surface area contributed by atoms with Crippen molar-refractivity contribution in [3.05, 3.63) is 101 Å². The fourth-order valence-electron chi connectivity index (χ4n) is 8.93. The minimum Gasteiger partial charge on any atom is -0.490 e. The maximum Gasteiger partial charge on any atom is 0.317 e. The number of amides is 2. The Bertz CT molecular complexity index is 1790. The highest BCUT2D eigenvalue weighted by Crippen LogP contribution is 2.62. The number of fused-ring (bicyclic) bond motifs is 2. The predicted octanol–water partition coefficient (Wildman–Crippen LogP) is 6.42. The molecule has 6 atom stereocenters. The lowest BCUT2D eigenvalue weighted by atomic mass is 9.55. The number of non-ortho nitro benzene ring substituents is 1. The number of carbonyl (C=O) groups is 1. The zero-order chi connectivity index (χ0) is 42.9. The number of nitrogens with one attached hydrogen (secondary N) is 1. The number of hydrogen-bond acceptors (Lipinski definition) is 12. The normalized spacial score (nSPS) is 23.4. The lowest BCUT2D eigenvalue weighted by Crippen LogP contribution is -2.70. The van der Waals surface area contributed by atoms with E-state index in [0.29, 0.717) is 55.2 Å². The van der Waals surface area contributed by atoms with E-state index in [9.17, 15) is 30.2 Å². The molecule has 2 aromatic carbocycles. The van der Waals surface area contributed by atoms with E-state index in [1.54, 1.807) is 29.2 Å². The molecule has 1 aliphatic heterocycles. The number of aliphatic hydroxyl groups excluding tert-OH is 3. The van der Waals surface area contributed by atoms with Crippen molar-refractivity contribution in [2.45, 2.75) is 82.6 Å². The largest absolute Gasteiger partial charge is 0.490 e. The summed E-state index contributed by atoms with van der Waals surface area (Å²) in [6.45, 7) is 11.3. The number of nitro groups is 1. The Morgan fingerprint density at radius 3 is 2.47 bits per heavy atom. The summed E-state index contributed by atoms with van der Waals surface area (Å²) in [6.07, 6.45) is 10.9. The molecule has 1 saturated carbocycles. The molecule has 328 valence electrons. The number of oxime groups is 1. The van der Waals surface area contributed by atoms with Crippen molar-refractivity contribution in [2.24, 2.45) is 22.9 Å². The van der Waals surface area contributed by atoms with Gasteiger partial charge in [0.05, 0.1) is 43.0 Å². The Labute approximate surface area is 352 Å². The lowest BCUT2D eigenvalue weighted by Gasteiger charge is -2.60. The Morgan fingerprint density at radius 1 is 1.03 bits per heavy atom. The number of benzene rings is 2. The molecular formula is C45H62N4O11. The van der Waals surface area contributed by atoms with Gasteiger partial charge in [-0.2, -0.15) is 0 Å². The van der Waals surface area contributed by atoms with Gasteiger partial charge in [0, 0.05) is 56.3 Å². The number of allylic oxidation sites excluding steroid dienone is 1. The minimum absolute atomic E-state index is 0.0277. The first-order chi connectivity index (χ1) is 29.3. The first-order valence-electron chi connectivity index (χ1n) is 21.2. The maximum absolute atomic E-state index is 14.4. The molecular weight excluding hydrogens is 773 g/mol. The van der Waals surface area contributed by atoms with Crippen LogP contribution in [0.4, 0.5) is 10.5 Å². The number of carbonyl (C=O) groups excluding carboxylic acids is 1. The van der Waals surface area contributed by atoms with Gasteiger partial charge in [0.2, 0.25) is 5.79 Å². The molecule has 2 aromatic rings. The van der Waals surface area contributed by atoms with Crippen LogP contribution in [0, 0.1) is 27.9 Å². The van der Waals surface area contributed by atoms with E-state index in [1.165, 1.54) is 12.1 Å². The highest BCUT2D eigenvalue weighted by molar-refractivity contribution is 6.03. The van der Waals surface area contributed by atoms with Crippen LogP contribution >= 0.6 is 0 Å². The number of rotatable bonds is 26. The monoisotopic (exact) mass is 834 g/mol. The topological polar surface area (TPSA) is 195 Å². The fourth-order valence-corrected chi connectivity index (χ4v) is 8.93. The molecule has 15 nitrogen and oxygen atoms in total. The average molecular weight is 835 g/mol. The molecule has 15 heteroatoms. The zero-order valence-corrected chi connectivity index (χ0v) is 34.8. The minimum atomic E-state index is -1.43. The Morgan fingerprint density at radius 2 is 1.78 bits per heavy atom. The molecule has 5 rings (SSSR count). The van der Waals surface area contributed by atoms with Crippen LogP contribution < -0.4 is 14.8 Å². The summed E-state index contributed by atoms with van der Waals surface area (Å²) in [5.74, 6) is -0.823. The molecule has 1 heterocycles. The van der Waals surface area contributed by atoms with Crippen molar-refractivity contribution in [3.8, 4) is 11.5 Å². The molecule has 0 unspecified atom stereocenters. The van der Waals surface area contributed by atoms with Crippen LogP contribution in [0.25, 0.3) is 0 Å². The summed E-state index contributed by atoms with van der Waals surface area (Å²) in [4.78, 5) is 33.1. The van der Waals surface area contributed by atoms with E-state index in [2.05, 4.69) is 24.6 Å². The maximum atomic E-state index is 14.4. The standard InChI is InChI=1S/C45H62N4O11/c1-4-20-48(44(53)46-19-26-56-27-23-52)41-30-39(47-59-31-32-13-15-34(16-14-32)49(54)55)37-28-33(11-7-9-21-50)36(12-8-10-22-51)42-38-29-35(57-24-5-2)17-18-40(38)60-45(41,43(37)42)58-25-6-3/h5-6,13-18,28-29,33,36,41-43,50-52H,2-4,7-12,19-27,30-31H2,1H3,(H,46,53)/t33-,36+,41-,42+,43+,45+/m0/s1. The van der Waals surface area contributed by atoms with E-state index in [1.807, 2.05) is 25.1 Å². The highest BCUT2D eigenvalue weighted by Gasteiger charge is 2.65. The van der Waals surface area contributed by atoms with Gasteiger partial charge in [-0.3, -0.25) is 10.1 Å². The second-order valence-electron chi connectivity index (χ2n) is 15.3. The lowest BCUT2D eigenvalue weighted by molar-refractivity contribution is -0.384. The van der Waals surface area contributed by atoms with E-state index in [0.717, 1.165) is 36.8 Å². The van der Waals surface area contributed by atoms with Crippen LogP contribution in [0.1, 0.15) is 75.3 Å². The van der Waals surface area contributed by atoms with Gasteiger partial charge in [0.25, 0.3) is 5.69 Å². The number of hydrogen-bond donors (Lipinski definition) is 4. The smallest absolute Gasteiger partial charge is 0.317 e. The van der Waals surface area contributed by atoms with Gasteiger partial charge in [0.15, 0.2) is 0 Å². The molecule has 0 radical (unpaired) electrons. The molecule has 2 amide bonds. The third-order valence-corrected chi connectivity index (χ3v) is 11.4. The van der Waals surface area contributed by atoms with Crippen molar-refractivity contribution >= 4 is 17.4 Å². The summed E-state index contributed by atoms with van der Waals surface area (Å²) < 4.78 is 25.8. The van der Waals surface area contributed by atoms with Crippen molar-refractivity contribution in [3.63, 3.8) is 0 Å². The second-order valence-corrected chi connectivity index (χ2v) is 15.3. The third kappa shape index (κ3) is 11.1. The number of nitro benzene ring substituents is 1. The van der Waals surface area contributed by atoms with Gasteiger partial charge >= 0.3 is 6.03 Å². The summed E-state index contributed by atoms with van der Waals surface area (Å²) in [7, 11) is 0. The summed E-state index contributed by atoms with van der Waals surface area (Å²) >= 11 is 0.